The first kappa shape index (κ1) is 17.2. The lowest BCUT2D eigenvalue weighted by molar-refractivity contribution is -0.163. The molecule has 3 rings (SSSR count). The largest absolute Gasteiger partial charge is 0.465 e. The molecule has 3 fully saturated rings. The summed E-state index contributed by atoms with van der Waals surface area (Å²) >= 11 is 0. The second kappa shape index (κ2) is 6.37. The number of carbonyl (C=O) groups is 3. The molecule has 6 heteroatoms. The normalized spacial score (nSPS) is 33.5. The second-order valence-electron chi connectivity index (χ2n) is 7.83. The predicted octanol–water partition coefficient (Wildman–Crippen LogP) is 2.24. The van der Waals surface area contributed by atoms with Gasteiger partial charge in [-0.25, -0.2) is 0 Å². The summed E-state index contributed by atoms with van der Waals surface area (Å²) in [5.41, 5.74) is -0.494. The van der Waals surface area contributed by atoms with Crippen LogP contribution in [0.2, 0.25) is 0 Å². The SMILES string of the molecule is CCC(C)(C)C(=O)OCCCC(=O)OC1C2CC3C(=O)OC1C3C2. The van der Waals surface area contributed by atoms with E-state index in [-0.39, 0.29) is 60.9 Å². The maximum atomic E-state index is 12.0. The summed E-state index contributed by atoms with van der Waals surface area (Å²) in [5, 5.41) is 0. The van der Waals surface area contributed by atoms with Gasteiger partial charge in [0.25, 0.3) is 0 Å². The maximum Gasteiger partial charge on any atom is 0.311 e. The number of rotatable bonds is 7. The third-order valence-corrected chi connectivity index (χ3v) is 5.88. The number of fused-ring (bicyclic) bond motifs is 1. The van der Waals surface area contributed by atoms with Crippen LogP contribution in [0.15, 0.2) is 0 Å². The fourth-order valence-electron chi connectivity index (χ4n) is 4.00. The molecule has 1 saturated heterocycles. The average Bonchev–Trinajstić information content (AvgIpc) is 3.16. The highest BCUT2D eigenvalue weighted by molar-refractivity contribution is 5.77. The van der Waals surface area contributed by atoms with E-state index in [0.29, 0.717) is 12.8 Å². The molecule has 3 aliphatic rings. The minimum Gasteiger partial charge on any atom is -0.465 e. The van der Waals surface area contributed by atoms with Crippen molar-refractivity contribution in [1.29, 1.82) is 0 Å². The van der Waals surface area contributed by atoms with Gasteiger partial charge in [0, 0.05) is 18.3 Å². The van der Waals surface area contributed by atoms with E-state index in [9.17, 15) is 14.4 Å². The van der Waals surface area contributed by atoms with Gasteiger partial charge < -0.3 is 14.2 Å². The first-order chi connectivity index (χ1) is 11.3. The van der Waals surface area contributed by atoms with Crippen molar-refractivity contribution in [3.05, 3.63) is 0 Å². The second-order valence-corrected chi connectivity index (χ2v) is 7.83. The summed E-state index contributed by atoms with van der Waals surface area (Å²) in [7, 11) is 0. The van der Waals surface area contributed by atoms with Crippen LogP contribution in [0.1, 0.15) is 52.9 Å². The Morgan fingerprint density at radius 3 is 2.75 bits per heavy atom. The first-order valence-corrected chi connectivity index (χ1v) is 8.90. The molecule has 6 nitrogen and oxygen atoms in total. The zero-order chi connectivity index (χ0) is 17.5. The van der Waals surface area contributed by atoms with E-state index in [1.807, 2.05) is 20.8 Å². The topological polar surface area (TPSA) is 78.9 Å². The highest BCUT2D eigenvalue weighted by Gasteiger charge is 2.63. The molecule has 0 radical (unpaired) electrons. The van der Waals surface area contributed by atoms with Crippen molar-refractivity contribution in [2.24, 2.45) is 23.2 Å². The van der Waals surface area contributed by atoms with Crippen LogP contribution in [-0.2, 0) is 28.6 Å². The smallest absolute Gasteiger partial charge is 0.311 e. The van der Waals surface area contributed by atoms with Gasteiger partial charge in [-0.05, 0) is 39.5 Å². The van der Waals surface area contributed by atoms with Gasteiger partial charge in [0.1, 0.15) is 12.2 Å². The summed E-state index contributed by atoms with van der Waals surface area (Å²) in [5.74, 6) is -0.165. The van der Waals surface area contributed by atoms with Crippen LogP contribution >= 0.6 is 0 Å². The third-order valence-electron chi connectivity index (χ3n) is 5.88. The van der Waals surface area contributed by atoms with Crippen molar-refractivity contribution >= 4 is 17.9 Å². The Kier molecular flexibility index (Phi) is 4.58. The van der Waals surface area contributed by atoms with E-state index < -0.39 is 5.41 Å². The summed E-state index contributed by atoms with van der Waals surface area (Å²) in [4.78, 5) is 35.6. The molecule has 2 saturated carbocycles. The number of esters is 3. The van der Waals surface area contributed by atoms with Crippen molar-refractivity contribution in [3.63, 3.8) is 0 Å². The Morgan fingerprint density at radius 1 is 1.29 bits per heavy atom. The van der Waals surface area contributed by atoms with Gasteiger partial charge in [-0.15, -0.1) is 0 Å². The van der Waals surface area contributed by atoms with E-state index in [1.165, 1.54) is 0 Å². The van der Waals surface area contributed by atoms with Crippen molar-refractivity contribution in [3.8, 4) is 0 Å². The zero-order valence-corrected chi connectivity index (χ0v) is 14.6. The van der Waals surface area contributed by atoms with Crippen LogP contribution in [0, 0.1) is 23.2 Å². The molecule has 0 aromatic rings. The molecular formula is C18H26O6. The summed E-state index contributed by atoms with van der Waals surface area (Å²) < 4.78 is 16.2. The van der Waals surface area contributed by atoms with Gasteiger partial charge in [-0.1, -0.05) is 6.92 Å². The van der Waals surface area contributed by atoms with Crippen LogP contribution in [0.3, 0.4) is 0 Å². The molecule has 2 bridgehead atoms. The number of hydrogen-bond donors (Lipinski definition) is 0. The lowest BCUT2D eigenvalue weighted by atomic mass is 9.88. The molecule has 5 atom stereocenters. The number of hydrogen-bond acceptors (Lipinski definition) is 6. The molecular weight excluding hydrogens is 312 g/mol. The molecule has 1 heterocycles. The standard InChI is InChI=1S/C18H26O6/c1-4-18(2,3)17(21)22-7-5-6-13(19)23-14-10-8-11-12(9-10)16(20)24-15(11)14/h10-12,14-15H,4-9H2,1-3H3. The zero-order valence-electron chi connectivity index (χ0n) is 14.6. The van der Waals surface area contributed by atoms with Gasteiger partial charge in [0.05, 0.1) is 17.9 Å². The van der Waals surface area contributed by atoms with Crippen LogP contribution in [0.5, 0.6) is 0 Å². The van der Waals surface area contributed by atoms with Crippen LogP contribution in [0.25, 0.3) is 0 Å². The summed E-state index contributed by atoms with van der Waals surface area (Å²) in [6, 6.07) is 0. The van der Waals surface area contributed by atoms with E-state index in [1.54, 1.807) is 0 Å². The Labute approximate surface area is 142 Å². The minimum absolute atomic E-state index is 0.0243. The molecule has 2 aliphatic carbocycles. The van der Waals surface area contributed by atoms with Gasteiger partial charge in [-0.2, -0.15) is 0 Å². The molecule has 0 aromatic heterocycles. The monoisotopic (exact) mass is 338 g/mol. The molecule has 5 unspecified atom stereocenters. The van der Waals surface area contributed by atoms with Gasteiger partial charge >= 0.3 is 17.9 Å². The van der Waals surface area contributed by atoms with Crippen LogP contribution in [0.4, 0.5) is 0 Å². The van der Waals surface area contributed by atoms with Gasteiger partial charge in [0.2, 0.25) is 0 Å². The molecule has 0 spiro atoms. The fourth-order valence-corrected chi connectivity index (χ4v) is 4.00. The molecule has 0 amide bonds. The highest BCUT2D eigenvalue weighted by atomic mass is 16.6. The van der Waals surface area contributed by atoms with E-state index in [2.05, 4.69) is 0 Å². The molecule has 24 heavy (non-hydrogen) atoms. The lowest BCUT2D eigenvalue weighted by Crippen LogP contribution is -2.36. The van der Waals surface area contributed by atoms with Crippen LogP contribution < -0.4 is 0 Å². The van der Waals surface area contributed by atoms with Gasteiger partial charge in [0.15, 0.2) is 0 Å². The fraction of sp³-hybridized carbons (Fsp3) is 0.833. The van der Waals surface area contributed by atoms with E-state index in [0.717, 1.165) is 12.8 Å². The van der Waals surface area contributed by atoms with Crippen molar-refractivity contribution in [2.45, 2.75) is 65.1 Å². The van der Waals surface area contributed by atoms with Crippen molar-refractivity contribution < 1.29 is 28.6 Å². The maximum absolute atomic E-state index is 12.0. The number of carbonyl (C=O) groups excluding carboxylic acids is 3. The molecule has 0 aromatic carbocycles. The highest BCUT2D eigenvalue weighted by Crippen LogP contribution is 2.55. The molecule has 1 aliphatic heterocycles. The van der Waals surface area contributed by atoms with Crippen LogP contribution in [-0.4, -0.2) is 36.7 Å². The predicted molar refractivity (Wildman–Crippen MR) is 83.7 cm³/mol. The van der Waals surface area contributed by atoms with E-state index in [4.69, 9.17) is 14.2 Å². The number of ether oxygens (including phenoxy) is 3. The van der Waals surface area contributed by atoms with E-state index >= 15 is 0 Å². The molecule has 0 N–H and O–H groups in total. The quantitative estimate of drug-likeness (QED) is 0.402. The minimum atomic E-state index is -0.494. The summed E-state index contributed by atoms with van der Waals surface area (Å²) in [6.45, 7) is 5.84. The summed E-state index contributed by atoms with van der Waals surface area (Å²) in [6.07, 6.45) is 2.53. The Hall–Kier alpha value is -1.59. The first-order valence-electron chi connectivity index (χ1n) is 8.90. The van der Waals surface area contributed by atoms with Crippen molar-refractivity contribution in [2.75, 3.05) is 6.61 Å². The lowest BCUT2D eigenvalue weighted by Gasteiger charge is -2.25. The third kappa shape index (κ3) is 3.03. The molecule has 134 valence electrons. The Balaban J connectivity index is 1.38. The van der Waals surface area contributed by atoms with Gasteiger partial charge in [-0.3, -0.25) is 14.4 Å². The Morgan fingerprint density at radius 2 is 2.04 bits per heavy atom. The Bertz CT molecular complexity index is 540. The average molecular weight is 338 g/mol. The van der Waals surface area contributed by atoms with Crippen molar-refractivity contribution in [1.82, 2.24) is 0 Å².